The Morgan fingerprint density at radius 1 is 1.03 bits per heavy atom. The van der Waals surface area contributed by atoms with Crippen molar-refractivity contribution in [2.75, 3.05) is 37.7 Å². The van der Waals surface area contributed by atoms with Crippen molar-refractivity contribution in [2.24, 2.45) is 0 Å². The van der Waals surface area contributed by atoms with Crippen LogP contribution in [0.4, 0.5) is 0 Å². The third-order valence-electron chi connectivity index (χ3n) is 5.44. The molecule has 0 radical (unpaired) electrons. The molecule has 10 heteroatoms. The smallest absolute Gasteiger partial charge is 0.312 e. The minimum atomic E-state index is -3.13. The van der Waals surface area contributed by atoms with Crippen molar-refractivity contribution in [3.05, 3.63) is 36.0 Å². The molecular weight excluding hydrogens is 396 g/mol. The molecule has 2 fully saturated rings. The average molecular weight is 418 g/mol. The van der Waals surface area contributed by atoms with Crippen LogP contribution in [0.25, 0.3) is 10.9 Å². The number of piperazine rings is 1. The van der Waals surface area contributed by atoms with Crippen LogP contribution in [0.5, 0.6) is 0 Å². The van der Waals surface area contributed by atoms with E-state index in [2.05, 4.69) is 10.3 Å². The second-order valence-electron chi connectivity index (χ2n) is 7.41. The average Bonchev–Trinajstić information content (AvgIpc) is 3.29. The lowest BCUT2D eigenvalue weighted by Crippen LogP contribution is -2.54. The Balaban J connectivity index is 1.33. The number of nitrogens with one attached hydrogen (secondary N) is 2. The number of aromatic nitrogens is 1. The number of hydrogen-bond donors (Lipinski definition) is 2. The summed E-state index contributed by atoms with van der Waals surface area (Å²) in [5.74, 6) is -1.69. The van der Waals surface area contributed by atoms with Crippen molar-refractivity contribution in [2.45, 2.75) is 12.5 Å². The zero-order chi connectivity index (χ0) is 20.6. The van der Waals surface area contributed by atoms with Crippen molar-refractivity contribution in [3.8, 4) is 0 Å². The molecule has 0 unspecified atom stereocenters. The van der Waals surface area contributed by atoms with E-state index in [-0.39, 0.29) is 30.5 Å². The van der Waals surface area contributed by atoms with Crippen LogP contribution < -0.4 is 5.32 Å². The topological polar surface area (TPSA) is 120 Å². The Morgan fingerprint density at radius 3 is 2.41 bits per heavy atom. The minimum absolute atomic E-state index is 0.0285. The summed E-state index contributed by atoms with van der Waals surface area (Å²) in [5, 5.41) is 3.36. The molecule has 1 atom stereocenters. The second kappa shape index (κ2) is 7.51. The normalized spacial score (nSPS) is 21.3. The van der Waals surface area contributed by atoms with Crippen LogP contribution in [-0.4, -0.2) is 84.6 Å². The highest BCUT2D eigenvalue weighted by Gasteiger charge is 2.33. The molecule has 0 spiro atoms. The summed E-state index contributed by atoms with van der Waals surface area (Å²) in [6.45, 7) is 1.16. The van der Waals surface area contributed by atoms with Gasteiger partial charge in [0.25, 0.3) is 5.91 Å². The fraction of sp³-hybridized carbons (Fsp3) is 0.421. The lowest BCUT2D eigenvalue weighted by Gasteiger charge is -2.34. The molecule has 29 heavy (non-hydrogen) atoms. The number of amides is 3. The zero-order valence-corrected chi connectivity index (χ0v) is 16.6. The van der Waals surface area contributed by atoms with Gasteiger partial charge >= 0.3 is 11.8 Å². The van der Waals surface area contributed by atoms with Crippen LogP contribution in [0.15, 0.2) is 30.5 Å². The van der Waals surface area contributed by atoms with E-state index in [0.717, 1.165) is 10.9 Å². The first-order valence-corrected chi connectivity index (χ1v) is 11.3. The van der Waals surface area contributed by atoms with Crippen LogP contribution in [0.3, 0.4) is 0 Å². The molecule has 2 saturated heterocycles. The van der Waals surface area contributed by atoms with Gasteiger partial charge in [0.15, 0.2) is 9.84 Å². The molecule has 2 aromatic rings. The molecule has 0 bridgehead atoms. The summed E-state index contributed by atoms with van der Waals surface area (Å²) in [6.07, 6.45) is 2.02. The SMILES string of the molecule is O=C(N[C@H]1CCS(=O)(=O)C1)C(=O)N1CCN(C(=O)c2c[nH]c3ccccc23)CC1. The van der Waals surface area contributed by atoms with Crippen LogP contribution in [0.2, 0.25) is 0 Å². The molecule has 3 amide bonds. The molecule has 0 saturated carbocycles. The molecule has 0 aliphatic carbocycles. The van der Waals surface area contributed by atoms with E-state index in [1.54, 1.807) is 11.1 Å². The van der Waals surface area contributed by atoms with E-state index < -0.39 is 27.7 Å². The van der Waals surface area contributed by atoms with Gasteiger partial charge in [-0.25, -0.2) is 8.42 Å². The maximum atomic E-state index is 12.8. The van der Waals surface area contributed by atoms with Gasteiger partial charge in [-0.05, 0) is 12.5 Å². The van der Waals surface area contributed by atoms with E-state index in [4.69, 9.17) is 0 Å². The van der Waals surface area contributed by atoms with Crippen LogP contribution in [0, 0.1) is 0 Å². The number of sulfone groups is 1. The van der Waals surface area contributed by atoms with E-state index in [9.17, 15) is 22.8 Å². The summed E-state index contributed by atoms with van der Waals surface area (Å²) in [4.78, 5) is 43.6. The number of para-hydroxylation sites is 1. The monoisotopic (exact) mass is 418 g/mol. The van der Waals surface area contributed by atoms with Crippen molar-refractivity contribution < 1.29 is 22.8 Å². The molecule has 2 aliphatic heterocycles. The largest absolute Gasteiger partial charge is 0.360 e. The van der Waals surface area contributed by atoms with E-state index in [1.807, 2.05) is 24.3 Å². The van der Waals surface area contributed by atoms with E-state index in [0.29, 0.717) is 25.1 Å². The number of nitrogens with zero attached hydrogens (tertiary/aromatic N) is 2. The highest BCUT2D eigenvalue weighted by Crippen LogP contribution is 2.20. The summed E-state index contributed by atoms with van der Waals surface area (Å²) in [7, 11) is -3.13. The van der Waals surface area contributed by atoms with Gasteiger partial charge in [0.1, 0.15) is 0 Å². The number of aromatic amines is 1. The highest BCUT2D eigenvalue weighted by molar-refractivity contribution is 7.91. The summed E-state index contributed by atoms with van der Waals surface area (Å²) >= 11 is 0. The van der Waals surface area contributed by atoms with Crippen molar-refractivity contribution >= 4 is 38.5 Å². The number of carbonyl (C=O) groups excluding carboxylic acids is 3. The number of carbonyl (C=O) groups is 3. The van der Waals surface area contributed by atoms with Crippen molar-refractivity contribution in [3.63, 3.8) is 0 Å². The van der Waals surface area contributed by atoms with Gasteiger partial charge in [0.2, 0.25) is 0 Å². The number of H-pyrrole nitrogens is 1. The standard InChI is InChI=1S/C19H22N4O5S/c24-17(21-13-5-10-29(27,28)12-13)19(26)23-8-6-22(7-9-23)18(25)15-11-20-16-4-2-1-3-14(15)16/h1-4,11,13,20H,5-10,12H2,(H,21,24)/t13-/m0/s1. The first-order chi connectivity index (χ1) is 13.8. The maximum absolute atomic E-state index is 12.8. The van der Waals surface area contributed by atoms with Crippen LogP contribution in [-0.2, 0) is 19.4 Å². The van der Waals surface area contributed by atoms with Gasteiger partial charge in [-0.1, -0.05) is 18.2 Å². The minimum Gasteiger partial charge on any atom is -0.360 e. The molecular formula is C19H22N4O5S. The Kier molecular flexibility index (Phi) is 5.03. The molecule has 154 valence electrons. The number of fused-ring (bicyclic) bond motifs is 1. The number of rotatable bonds is 2. The first-order valence-electron chi connectivity index (χ1n) is 9.50. The van der Waals surface area contributed by atoms with Crippen LogP contribution in [0.1, 0.15) is 16.8 Å². The number of hydrogen-bond acceptors (Lipinski definition) is 5. The lowest BCUT2D eigenvalue weighted by molar-refractivity contribution is -0.147. The molecule has 1 aromatic heterocycles. The lowest BCUT2D eigenvalue weighted by atomic mass is 10.1. The fourth-order valence-corrected chi connectivity index (χ4v) is 5.50. The molecule has 4 rings (SSSR count). The fourth-order valence-electron chi connectivity index (χ4n) is 3.83. The molecule has 2 N–H and O–H groups in total. The predicted octanol–water partition coefficient (Wildman–Crippen LogP) is -0.244. The second-order valence-corrected chi connectivity index (χ2v) is 9.63. The van der Waals surface area contributed by atoms with Crippen molar-refractivity contribution in [1.82, 2.24) is 20.1 Å². The Labute approximate surface area is 168 Å². The van der Waals surface area contributed by atoms with Gasteiger partial charge in [-0.15, -0.1) is 0 Å². The summed E-state index contributed by atoms with van der Waals surface area (Å²) in [5.41, 5.74) is 1.47. The van der Waals surface area contributed by atoms with Gasteiger partial charge in [-0.3, -0.25) is 14.4 Å². The van der Waals surface area contributed by atoms with Gasteiger partial charge < -0.3 is 20.1 Å². The van der Waals surface area contributed by atoms with Gasteiger partial charge in [0.05, 0.1) is 17.1 Å². The Bertz CT molecular complexity index is 1070. The number of benzene rings is 1. The Hall–Kier alpha value is -2.88. The highest BCUT2D eigenvalue weighted by atomic mass is 32.2. The quantitative estimate of drug-likeness (QED) is 0.652. The zero-order valence-electron chi connectivity index (χ0n) is 15.8. The predicted molar refractivity (Wildman–Crippen MR) is 106 cm³/mol. The molecule has 2 aliphatic rings. The van der Waals surface area contributed by atoms with Gasteiger partial charge in [0, 0.05) is 49.3 Å². The third-order valence-corrected chi connectivity index (χ3v) is 7.20. The molecule has 3 heterocycles. The molecule has 1 aromatic carbocycles. The van der Waals surface area contributed by atoms with Crippen LogP contribution >= 0.6 is 0 Å². The van der Waals surface area contributed by atoms with Gasteiger partial charge in [-0.2, -0.15) is 0 Å². The van der Waals surface area contributed by atoms with E-state index >= 15 is 0 Å². The van der Waals surface area contributed by atoms with Crippen molar-refractivity contribution in [1.29, 1.82) is 0 Å². The third kappa shape index (κ3) is 3.98. The summed E-state index contributed by atoms with van der Waals surface area (Å²) < 4.78 is 23.0. The van der Waals surface area contributed by atoms with E-state index in [1.165, 1.54) is 4.90 Å². The summed E-state index contributed by atoms with van der Waals surface area (Å²) in [6, 6.07) is 7.03. The maximum Gasteiger partial charge on any atom is 0.312 e. The molecule has 9 nitrogen and oxygen atoms in total. The Morgan fingerprint density at radius 2 is 1.72 bits per heavy atom. The first kappa shape index (κ1) is 19.4.